The maximum atomic E-state index is 12.3. The van der Waals surface area contributed by atoms with Crippen molar-refractivity contribution >= 4 is 5.91 Å². The average molecular weight is 634 g/mol. The Morgan fingerprint density at radius 1 is 0.511 bits per heavy atom. The van der Waals surface area contributed by atoms with E-state index in [2.05, 4.69) is 31.3 Å². The van der Waals surface area contributed by atoms with Crippen LogP contribution in [0.15, 0.2) is 24.3 Å². The van der Waals surface area contributed by atoms with Crippen molar-refractivity contribution in [1.29, 1.82) is 0 Å². The van der Waals surface area contributed by atoms with Gasteiger partial charge in [-0.2, -0.15) is 0 Å². The van der Waals surface area contributed by atoms with Crippen LogP contribution in [0.1, 0.15) is 213 Å². The van der Waals surface area contributed by atoms with Crippen LogP contribution in [0.5, 0.6) is 0 Å². The SMILES string of the molecule is CCCCCCCC/C=C/CCCCCCCCCCCCCC(=O)N[C@@H](CO)[C@H](O)/C=C/CCCCCCCCCCCC. The van der Waals surface area contributed by atoms with Crippen molar-refractivity contribution < 1.29 is 15.0 Å². The first-order chi connectivity index (χ1) is 22.2. The number of aliphatic hydroxyl groups excluding tert-OH is 2. The summed E-state index contributed by atoms with van der Waals surface area (Å²) in [6.07, 6.45) is 47.0. The van der Waals surface area contributed by atoms with Crippen LogP contribution < -0.4 is 5.32 Å². The second-order valence-corrected chi connectivity index (χ2v) is 13.7. The lowest BCUT2D eigenvalue weighted by Crippen LogP contribution is -2.45. The summed E-state index contributed by atoms with van der Waals surface area (Å²) in [5.41, 5.74) is 0. The molecule has 0 spiro atoms. The van der Waals surface area contributed by atoms with Gasteiger partial charge in [-0.1, -0.05) is 186 Å². The van der Waals surface area contributed by atoms with Crippen LogP contribution in [0.3, 0.4) is 0 Å². The molecule has 4 nitrogen and oxygen atoms in total. The van der Waals surface area contributed by atoms with Crippen molar-refractivity contribution in [2.75, 3.05) is 6.61 Å². The van der Waals surface area contributed by atoms with E-state index in [1.165, 1.54) is 167 Å². The van der Waals surface area contributed by atoms with E-state index in [1.807, 2.05) is 6.08 Å². The molecule has 0 bridgehead atoms. The molecule has 0 saturated carbocycles. The van der Waals surface area contributed by atoms with E-state index in [-0.39, 0.29) is 12.5 Å². The van der Waals surface area contributed by atoms with Crippen molar-refractivity contribution in [1.82, 2.24) is 5.32 Å². The van der Waals surface area contributed by atoms with Crippen molar-refractivity contribution in [2.24, 2.45) is 0 Å². The molecule has 0 rings (SSSR count). The zero-order valence-electron chi connectivity index (χ0n) is 30.4. The van der Waals surface area contributed by atoms with E-state index in [9.17, 15) is 15.0 Å². The highest BCUT2D eigenvalue weighted by Gasteiger charge is 2.17. The Balaban J connectivity index is 3.55. The lowest BCUT2D eigenvalue weighted by molar-refractivity contribution is -0.123. The van der Waals surface area contributed by atoms with Crippen LogP contribution >= 0.6 is 0 Å². The van der Waals surface area contributed by atoms with Gasteiger partial charge in [-0.25, -0.2) is 0 Å². The Kier molecular flexibility index (Phi) is 36.4. The molecule has 0 radical (unpaired) electrons. The van der Waals surface area contributed by atoms with Gasteiger partial charge in [0.15, 0.2) is 0 Å². The highest BCUT2D eigenvalue weighted by molar-refractivity contribution is 5.76. The van der Waals surface area contributed by atoms with Gasteiger partial charge in [0.25, 0.3) is 0 Å². The molecule has 4 heteroatoms. The third-order valence-electron chi connectivity index (χ3n) is 9.18. The first-order valence-corrected chi connectivity index (χ1v) is 20.1. The number of hydrogen-bond acceptors (Lipinski definition) is 3. The Morgan fingerprint density at radius 2 is 0.844 bits per heavy atom. The van der Waals surface area contributed by atoms with Gasteiger partial charge in [0.2, 0.25) is 5.91 Å². The number of unbranched alkanes of at least 4 members (excludes halogenated alkanes) is 27. The van der Waals surface area contributed by atoms with Crippen LogP contribution in [-0.2, 0) is 4.79 Å². The molecular weight excluding hydrogens is 554 g/mol. The highest BCUT2D eigenvalue weighted by atomic mass is 16.3. The van der Waals surface area contributed by atoms with E-state index in [4.69, 9.17) is 0 Å². The Bertz CT molecular complexity index is 647. The number of carbonyl (C=O) groups excluding carboxylic acids is 1. The summed E-state index contributed by atoms with van der Waals surface area (Å²) in [4.78, 5) is 12.3. The van der Waals surface area contributed by atoms with Gasteiger partial charge >= 0.3 is 0 Å². The molecule has 45 heavy (non-hydrogen) atoms. The Morgan fingerprint density at radius 3 is 1.22 bits per heavy atom. The fourth-order valence-corrected chi connectivity index (χ4v) is 6.05. The Labute approximate surface area is 281 Å². The predicted molar refractivity (Wildman–Crippen MR) is 198 cm³/mol. The number of carbonyl (C=O) groups is 1. The molecule has 0 aromatic carbocycles. The summed E-state index contributed by atoms with van der Waals surface area (Å²) < 4.78 is 0. The largest absolute Gasteiger partial charge is 0.394 e. The Hall–Kier alpha value is -1.13. The summed E-state index contributed by atoms with van der Waals surface area (Å²) in [6, 6.07) is -0.618. The fourth-order valence-electron chi connectivity index (χ4n) is 6.05. The van der Waals surface area contributed by atoms with E-state index in [1.54, 1.807) is 6.08 Å². The van der Waals surface area contributed by atoms with Gasteiger partial charge in [0.1, 0.15) is 0 Å². The summed E-state index contributed by atoms with van der Waals surface area (Å²) in [7, 11) is 0. The molecule has 0 aliphatic rings. The van der Waals surface area contributed by atoms with Crippen molar-refractivity contribution in [3.8, 4) is 0 Å². The van der Waals surface area contributed by atoms with Gasteiger partial charge in [-0.05, 0) is 44.9 Å². The number of aliphatic hydroxyl groups is 2. The molecule has 0 heterocycles. The van der Waals surface area contributed by atoms with E-state index < -0.39 is 12.1 Å². The molecule has 0 aromatic rings. The average Bonchev–Trinajstić information content (AvgIpc) is 3.04. The summed E-state index contributed by atoms with van der Waals surface area (Å²) >= 11 is 0. The van der Waals surface area contributed by atoms with Crippen molar-refractivity contribution in [3.05, 3.63) is 24.3 Å². The third kappa shape index (κ3) is 34.0. The maximum absolute atomic E-state index is 12.3. The van der Waals surface area contributed by atoms with E-state index in [0.717, 1.165) is 25.7 Å². The number of nitrogens with one attached hydrogen (secondary N) is 1. The molecule has 2 atom stereocenters. The monoisotopic (exact) mass is 634 g/mol. The van der Waals surface area contributed by atoms with Crippen LogP contribution in [0.2, 0.25) is 0 Å². The third-order valence-corrected chi connectivity index (χ3v) is 9.18. The van der Waals surface area contributed by atoms with Gasteiger partial charge in [0, 0.05) is 6.42 Å². The van der Waals surface area contributed by atoms with Gasteiger partial charge in [-0.15, -0.1) is 0 Å². The molecule has 0 aliphatic heterocycles. The molecule has 3 N–H and O–H groups in total. The van der Waals surface area contributed by atoms with E-state index in [0.29, 0.717) is 6.42 Å². The zero-order chi connectivity index (χ0) is 32.9. The second kappa shape index (κ2) is 37.3. The van der Waals surface area contributed by atoms with Crippen LogP contribution in [-0.4, -0.2) is 34.9 Å². The van der Waals surface area contributed by atoms with Gasteiger partial charge < -0.3 is 15.5 Å². The minimum absolute atomic E-state index is 0.0653. The quantitative estimate of drug-likeness (QED) is 0.0475. The fraction of sp³-hybridized carbons (Fsp3) is 0.878. The number of rotatable bonds is 36. The van der Waals surface area contributed by atoms with Crippen molar-refractivity contribution in [3.63, 3.8) is 0 Å². The minimum atomic E-state index is -0.835. The minimum Gasteiger partial charge on any atom is -0.394 e. The standard InChI is InChI=1S/C41H79NO3/c1-3-5-7-9-11-13-15-17-18-19-20-21-22-23-24-25-27-29-31-33-35-37-41(45)42-39(38-43)40(44)36-34-32-30-28-26-16-14-12-10-8-6-4-2/h17-18,34,36,39-40,43-44H,3-16,19-33,35,37-38H2,1-2H3,(H,42,45)/b18-17+,36-34+/t39-,40+/m0/s1. The molecule has 0 unspecified atom stereocenters. The van der Waals surface area contributed by atoms with Crippen molar-refractivity contribution in [2.45, 2.75) is 225 Å². The number of hydrogen-bond donors (Lipinski definition) is 3. The van der Waals surface area contributed by atoms with Gasteiger partial charge in [0.05, 0.1) is 18.8 Å². The molecule has 0 aliphatic carbocycles. The zero-order valence-corrected chi connectivity index (χ0v) is 30.4. The molecule has 266 valence electrons. The maximum Gasteiger partial charge on any atom is 0.220 e. The lowest BCUT2D eigenvalue weighted by Gasteiger charge is -2.20. The first-order valence-electron chi connectivity index (χ1n) is 20.1. The summed E-state index contributed by atoms with van der Waals surface area (Å²) in [6.45, 7) is 4.30. The lowest BCUT2D eigenvalue weighted by atomic mass is 10.0. The second-order valence-electron chi connectivity index (χ2n) is 13.7. The first kappa shape index (κ1) is 43.9. The summed E-state index contributed by atoms with van der Waals surface area (Å²) in [5.74, 6) is -0.0653. The predicted octanol–water partition coefficient (Wildman–Crippen LogP) is 12.1. The summed E-state index contributed by atoms with van der Waals surface area (Å²) in [5, 5.41) is 22.9. The molecule has 1 amide bonds. The molecular formula is C41H79NO3. The number of amides is 1. The highest BCUT2D eigenvalue weighted by Crippen LogP contribution is 2.14. The van der Waals surface area contributed by atoms with Crippen LogP contribution in [0.4, 0.5) is 0 Å². The topological polar surface area (TPSA) is 69.6 Å². The molecule has 0 aromatic heterocycles. The smallest absolute Gasteiger partial charge is 0.220 e. The van der Waals surface area contributed by atoms with Crippen LogP contribution in [0.25, 0.3) is 0 Å². The molecule has 0 fully saturated rings. The van der Waals surface area contributed by atoms with E-state index >= 15 is 0 Å². The molecule has 0 saturated heterocycles. The number of allylic oxidation sites excluding steroid dienone is 3. The van der Waals surface area contributed by atoms with Gasteiger partial charge in [-0.3, -0.25) is 4.79 Å². The normalized spacial score (nSPS) is 13.2. The van der Waals surface area contributed by atoms with Crippen LogP contribution in [0, 0.1) is 0 Å².